The SMILES string of the molecule is Cn1ccnc1C(=O)c1cc2cccc(Cl)c2o1. The number of hydrogen-bond donors (Lipinski definition) is 0. The molecule has 3 aromatic rings. The Morgan fingerprint density at radius 1 is 1.44 bits per heavy atom. The number of fused-ring (bicyclic) bond motifs is 1. The number of imidazole rings is 1. The molecule has 0 bridgehead atoms. The van der Waals surface area contributed by atoms with Crippen LogP contribution in [-0.4, -0.2) is 15.3 Å². The smallest absolute Gasteiger partial charge is 0.263 e. The van der Waals surface area contributed by atoms with Gasteiger partial charge in [-0.25, -0.2) is 4.98 Å². The van der Waals surface area contributed by atoms with Crippen molar-refractivity contribution in [2.24, 2.45) is 7.05 Å². The van der Waals surface area contributed by atoms with Gasteiger partial charge < -0.3 is 8.98 Å². The number of benzene rings is 1. The Kier molecular flexibility index (Phi) is 2.45. The van der Waals surface area contributed by atoms with E-state index >= 15 is 0 Å². The number of carbonyl (C=O) groups is 1. The summed E-state index contributed by atoms with van der Waals surface area (Å²) in [6, 6.07) is 7.07. The first kappa shape index (κ1) is 11.0. The van der Waals surface area contributed by atoms with Crippen molar-refractivity contribution >= 4 is 28.4 Å². The average molecular weight is 261 g/mol. The van der Waals surface area contributed by atoms with Gasteiger partial charge in [-0.1, -0.05) is 23.7 Å². The topological polar surface area (TPSA) is 48.0 Å². The van der Waals surface area contributed by atoms with Gasteiger partial charge in [-0.05, 0) is 12.1 Å². The fourth-order valence-corrected chi connectivity index (χ4v) is 2.05. The quantitative estimate of drug-likeness (QED) is 0.666. The van der Waals surface area contributed by atoms with Crippen molar-refractivity contribution in [1.82, 2.24) is 9.55 Å². The number of rotatable bonds is 2. The number of aryl methyl sites for hydroxylation is 1. The molecule has 0 atom stereocenters. The highest BCUT2D eigenvalue weighted by Crippen LogP contribution is 2.27. The van der Waals surface area contributed by atoms with E-state index < -0.39 is 0 Å². The van der Waals surface area contributed by atoms with Crippen molar-refractivity contribution in [3.63, 3.8) is 0 Å². The highest BCUT2D eigenvalue weighted by molar-refractivity contribution is 6.35. The summed E-state index contributed by atoms with van der Waals surface area (Å²) >= 11 is 6.01. The molecule has 0 aliphatic carbocycles. The number of aromatic nitrogens is 2. The summed E-state index contributed by atoms with van der Waals surface area (Å²) in [6.45, 7) is 0. The molecule has 0 saturated carbocycles. The molecule has 0 unspecified atom stereocenters. The largest absolute Gasteiger partial charge is 0.451 e. The van der Waals surface area contributed by atoms with Crippen LogP contribution >= 0.6 is 11.6 Å². The molecular weight excluding hydrogens is 252 g/mol. The molecular formula is C13H9ClN2O2. The predicted octanol–water partition coefficient (Wildman–Crippen LogP) is 3.05. The van der Waals surface area contributed by atoms with Crippen molar-refractivity contribution in [2.45, 2.75) is 0 Å². The Morgan fingerprint density at radius 2 is 2.28 bits per heavy atom. The summed E-state index contributed by atoms with van der Waals surface area (Å²) in [6.07, 6.45) is 3.28. The highest BCUT2D eigenvalue weighted by Gasteiger charge is 2.19. The standard InChI is InChI=1S/C13H9ClN2O2/c1-16-6-5-15-13(16)11(17)10-7-8-3-2-4-9(14)12(8)18-10/h2-7H,1H3. The molecule has 2 aromatic heterocycles. The van der Waals surface area contributed by atoms with Gasteiger partial charge in [0.25, 0.3) is 5.78 Å². The fraction of sp³-hybridized carbons (Fsp3) is 0.0769. The van der Waals surface area contributed by atoms with E-state index in [1.54, 1.807) is 36.1 Å². The van der Waals surface area contributed by atoms with Crippen LogP contribution < -0.4 is 0 Å². The Hall–Kier alpha value is -2.07. The highest BCUT2D eigenvalue weighted by atomic mass is 35.5. The second-order valence-corrected chi connectivity index (χ2v) is 4.37. The molecule has 5 heteroatoms. The van der Waals surface area contributed by atoms with E-state index in [0.29, 0.717) is 16.4 Å². The van der Waals surface area contributed by atoms with E-state index in [0.717, 1.165) is 5.39 Å². The lowest BCUT2D eigenvalue weighted by Crippen LogP contribution is -2.07. The molecule has 0 N–H and O–H groups in total. The minimum Gasteiger partial charge on any atom is -0.451 e. The summed E-state index contributed by atoms with van der Waals surface area (Å²) in [4.78, 5) is 16.2. The van der Waals surface area contributed by atoms with Crippen molar-refractivity contribution < 1.29 is 9.21 Å². The lowest BCUT2D eigenvalue weighted by molar-refractivity contribution is 0.0998. The number of ketones is 1. The monoisotopic (exact) mass is 260 g/mol. The second kappa shape index (κ2) is 3.99. The zero-order valence-corrected chi connectivity index (χ0v) is 10.3. The average Bonchev–Trinajstić information content (AvgIpc) is 2.95. The Balaban J connectivity index is 2.13. The Bertz CT molecular complexity index is 742. The summed E-state index contributed by atoms with van der Waals surface area (Å²) in [5, 5.41) is 1.30. The molecule has 0 saturated heterocycles. The van der Waals surface area contributed by atoms with Gasteiger partial charge in [-0.2, -0.15) is 0 Å². The molecule has 2 heterocycles. The fourth-order valence-electron chi connectivity index (χ4n) is 1.83. The first-order valence-corrected chi connectivity index (χ1v) is 5.74. The van der Waals surface area contributed by atoms with E-state index in [1.165, 1.54) is 0 Å². The third-order valence-electron chi connectivity index (χ3n) is 2.74. The predicted molar refractivity (Wildman–Crippen MR) is 67.9 cm³/mol. The molecule has 18 heavy (non-hydrogen) atoms. The van der Waals surface area contributed by atoms with Gasteiger partial charge in [0.1, 0.15) is 0 Å². The van der Waals surface area contributed by atoms with Crippen LogP contribution in [-0.2, 0) is 7.05 Å². The summed E-state index contributed by atoms with van der Waals surface area (Å²) in [5.41, 5.74) is 0.525. The first-order valence-electron chi connectivity index (χ1n) is 5.37. The van der Waals surface area contributed by atoms with Gasteiger partial charge in [0, 0.05) is 24.8 Å². The molecule has 0 aliphatic rings. The first-order chi connectivity index (χ1) is 8.66. The van der Waals surface area contributed by atoms with Crippen LogP contribution in [0.25, 0.3) is 11.0 Å². The molecule has 4 nitrogen and oxygen atoms in total. The van der Waals surface area contributed by atoms with Crippen LogP contribution in [0.1, 0.15) is 16.4 Å². The molecule has 1 aromatic carbocycles. The number of halogens is 1. The Labute approximate surface area is 108 Å². The number of furan rings is 1. The van der Waals surface area contributed by atoms with Crippen LogP contribution in [0.2, 0.25) is 5.02 Å². The van der Waals surface area contributed by atoms with Crippen LogP contribution in [0, 0.1) is 0 Å². The van der Waals surface area contributed by atoms with E-state index in [1.807, 2.05) is 12.1 Å². The maximum absolute atomic E-state index is 12.2. The maximum atomic E-state index is 12.2. The minimum absolute atomic E-state index is 0.243. The maximum Gasteiger partial charge on any atom is 0.263 e. The van der Waals surface area contributed by atoms with E-state index in [-0.39, 0.29) is 11.5 Å². The van der Waals surface area contributed by atoms with Crippen molar-refractivity contribution in [3.8, 4) is 0 Å². The summed E-state index contributed by atoms with van der Waals surface area (Å²) < 4.78 is 7.15. The molecule has 0 aliphatic heterocycles. The van der Waals surface area contributed by atoms with E-state index in [4.69, 9.17) is 16.0 Å². The van der Waals surface area contributed by atoms with Gasteiger partial charge in [0.2, 0.25) is 0 Å². The molecule has 0 fully saturated rings. The van der Waals surface area contributed by atoms with Crippen molar-refractivity contribution in [3.05, 3.63) is 53.3 Å². The molecule has 0 radical (unpaired) electrons. The third kappa shape index (κ3) is 1.62. The normalized spacial score (nSPS) is 11.0. The zero-order chi connectivity index (χ0) is 12.7. The second-order valence-electron chi connectivity index (χ2n) is 3.96. The van der Waals surface area contributed by atoms with Gasteiger partial charge in [0.05, 0.1) is 5.02 Å². The summed E-state index contributed by atoms with van der Waals surface area (Å²) in [7, 11) is 1.76. The number of hydrogen-bond acceptors (Lipinski definition) is 3. The lowest BCUT2D eigenvalue weighted by atomic mass is 10.2. The van der Waals surface area contributed by atoms with Gasteiger partial charge in [-0.15, -0.1) is 0 Å². The van der Waals surface area contributed by atoms with Crippen molar-refractivity contribution in [2.75, 3.05) is 0 Å². The molecule has 0 amide bonds. The lowest BCUT2D eigenvalue weighted by Gasteiger charge is -1.96. The Morgan fingerprint density at radius 3 is 2.94 bits per heavy atom. The van der Waals surface area contributed by atoms with Crippen LogP contribution in [0.4, 0.5) is 0 Å². The van der Waals surface area contributed by atoms with E-state index in [9.17, 15) is 4.79 Å². The number of para-hydroxylation sites is 1. The number of nitrogens with zero attached hydrogens (tertiary/aromatic N) is 2. The number of carbonyl (C=O) groups excluding carboxylic acids is 1. The van der Waals surface area contributed by atoms with Crippen LogP contribution in [0.5, 0.6) is 0 Å². The summed E-state index contributed by atoms with van der Waals surface area (Å²) in [5.74, 6) is 0.326. The van der Waals surface area contributed by atoms with E-state index in [2.05, 4.69) is 4.98 Å². The third-order valence-corrected chi connectivity index (χ3v) is 3.04. The molecule has 3 rings (SSSR count). The minimum atomic E-state index is -0.255. The van der Waals surface area contributed by atoms with Crippen LogP contribution in [0.3, 0.4) is 0 Å². The van der Waals surface area contributed by atoms with Crippen LogP contribution in [0.15, 0.2) is 41.1 Å². The van der Waals surface area contributed by atoms with Gasteiger partial charge in [-0.3, -0.25) is 4.79 Å². The van der Waals surface area contributed by atoms with Crippen molar-refractivity contribution in [1.29, 1.82) is 0 Å². The molecule has 0 spiro atoms. The van der Waals surface area contributed by atoms with Gasteiger partial charge in [0.15, 0.2) is 17.2 Å². The zero-order valence-electron chi connectivity index (χ0n) is 9.55. The van der Waals surface area contributed by atoms with Gasteiger partial charge >= 0.3 is 0 Å². The molecule has 90 valence electrons.